The van der Waals surface area contributed by atoms with E-state index in [0.29, 0.717) is 13.0 Å². The van der Waals surface area contributed by atoms with Gasteiger partial charge in [-0.15, -0.1) is 0 Å². The third kappa shape index (κ3) is 3.43. The molecule has 0 saturated carbocycles. The topological polar surface area (TPSA) is 49.4 Å². The van der Waals surface area contributed by atoms with Gasteiger partial charge in [0.15, 0.2) is 0 Å². The molecule has 0 bridgehead atoms. The maximum absolute atomic E-state index is 12.3. The van der Waals surface area contributed by atoms with E-state index in [0.717, 1.165) is 24.1 Å². The molecule has 0 radical (unpaired) electrons. The van der Waals surface area contributed by atoms with E-state index in [1.165, 1.54) is 0 Å². The second-order valence-corrected chi connectivity index (χ2v) is 5.71. The smallest absolute Gasteiger partial charge is 0.227 e. The average molecular weight is 288 g/mol. The van der Waals surface area contributed by atoms with Crippen molar-refractivity contribution in [2.75, 3.05) is 11.4 Å². The van der Waals surface area contributed by atoms with Crippen molar-refractivity contribution in [3.8, 4) is 0 Å². The van der Waals surface area contributed by atoms with Crippen LogP contribution in [0.25, 0.3) is 0 Å². The van der Waals surface area contributed by atoms with Gasteiger partial charge in [-0.3, -0.25) is 9.59 Å². The van der Waals surface area contributed by atoms with Crippen LogP contribution in [0, 0.1) is 5.92 Å². The quantitative estimate of drug-likeness (QED) is 0.905. The van der Waals surface area contributed by atoms with E-state index in [1.54, 1.807) is 4.90 Å². The Labute approximate surface area is 126 Å². The highest BCUT2D eigenvalue weighted by molar-refractivity contribution is 6.00. The normalized spacial score (nSPS) is 19.7. The molecule has 4 nitrogen and oxygen atoms in total. The number of anilines is 1. The summed E-state index contributed by atoms with van der Waals surface area (Å²) in [6.45, 7) is 6.58. The van der Waals surface area contributed by atoms with Crippen molar-refractivity contribution in [1.29, 1.82) is 0 Å². The average Bonchev–Trinajstić information content (AvgIpc) is 2.89. The first-order valence-electron chi connectivity index (χ1n) is 7.75. The van der Waals surface area contributed by atoms with Gasteiger partial charge in [-0.2, -0.15) is 0 Å². The number of para-hydroxylation sites is 1. The van der Waals surface area contributed by atoms with Crippen molar-refractivity contribution in [3.05, 3.63) is 29.8 Å². The summed E-state index contributed by atoms with van der Waals surface area (Å²) in [5.41, 5.74) is 2.10. The highest BCUT2D eigenvalue weighted by atomic mass is 16.2. The second kappa shape index (κ2) is 6.74. The molecule has 0 aliphatic carbocycles. The molecule has 0 spiro atoms. The van der Waals surface area contributed by atoms with E-state index in [4.69, 9.17) is 0 Å². The number of amides is 2. The molecule has 2 rings (SSSR count). The van der Waals surface area contributed by atoms with Crippen LogP contribution in [0.1, 0.15) is 39.2 Å². The fourth-order valence-electron chi connectivity index (χ4n) is 2.65. The first-order chi connectivity index (χ1) is 10.1. The van der Waals surface area contributed by atoms with Crippen molar-refractivity contribution in [2.24, 2.45) is 5.92 Å². The lowest BCUT2D eigenvalue weighted by atomic mass is 10.1. The summed E-state index contributed by atoms with van der Waals surface area (Å²) in [4.78, 5) is 26.2. The monoisotopic (exact) mass is 288 g/mol. The van der Waals surface area contributed by atoms with Crippen LogP contribution >= 0.6 is 0 Å². The lowest BCUT2D eigenvalue weighted by Crippen LogP contribution is -2.38. The van der Waals surface area contributed by atoms with Gasteiger partial charge in [0, 0.05) is 24.7 Å². The zero-order valence-corrected chi connectivity index (χ0v) is 13.1. The van der Waals surface area contributed by atoms with Crippen molar-refractivity contribution in [2.45, 2.75) is 46.1 Å². The Balaban J connectivity index is 2.11. The molecule has 21 heavy (non-hydrogen) atoms. The van der Waals surface area contributed by atoms with E-state index < -0.39 is 0 Å². The van der Waals surface area contributed by atoms with Crippen LogP contribution in [0.4, 0.5) is 5.69 Å². The Kier molecular flexibility index (Phi) is 4.99. The molecule has 1 fully saturated rings. The number of nitrogens with one attached hydrogen (secondary N) is 1. The van der Waals surface area contributed by atoms with Crippen LogP contribution in [0.5, 0.6) is 0 Å². The number of nitrogens with zero attached hydrogens (tertiary/aromatic N) is 1. The molecule has 2 atom stereocenters. The van der Waals surface area contributed by atoms with Crippen molar-refractivity contribution in [3.63, 3.8) is 0 Å². The number of rotatable bonds is 5. The molecule has 2 amide bonds. The Hall–Kier alpha value is -1.84. The molecule has 1 aliphatic heterocycles. The van der Waals surface area contributed by atoms with E-state index in [-0.39, 0.29) is 23.8 Å². The minimum absolute atomic E-state index is 0.00539. The van der Waals surface area contributed by atoms with Gasteiger partial charge in [0.25, 0.3) is 0 Å². The zero-order chi connectivity index (χ0) is 15.4. The van der Waals surface area contributed by atoms with E-state index in [1.807, 2.05) is 38.1 Å². The standard InChI is InChI=1S/C17H24N2O2/c1-4-12(3)18-17(21)14-10-16(20)19(11-14)15-9-7-6-8-13(15)5-2/h6-9,12,14H,4-5,10-11H2,1-3H3,(H,18,21)/t12-,14-/m0/s1. The summed E-state index contributed by atoms with van der Waals surface area (Å²) in [5, 5.41) is 2.97. The predicted molar refractivity (Wildman–Crippen MR) is 84.2 cm³/mol. The number of aryl methyl sites for hydroxylation is 1. The van der Waals surface area contributed by atoms with Gasteiger partial charge in [0.2, 0.25) is 11.8 Å². The molecule has 114 valence electrons. The summed E-state index contributed by atoms with van der Waals surface area (Å²) in [5.74, 6) is -0.203. The molecule has 1 saturated heterocycles. The molecular formula is C17H24N2O2. The fourth-order valence-corrected chi connectivity index (χ4v) is 2.65. The molecule has 1 aliphatic rings. The lowest BCUT2D eigenvalue weighted by Gasteiger charge is -2.20. The van der Waals surface area contributed by atoms with Gasteiger partial charge in [-0.05, 0) is 31.4 Å². The van der Waals surface area contributed by atoms with Crippen LogP contribution in [0.3, 0.4) is 0 Å². The second-order valence-electron chi connectivity index (χ2n) is 5.71. The maximum atomic E-state index is 12.3. The molecule has 0 unspecified atom stereocenters. The Morgan fingerprint density at radius 2 is 2.10 bits per heavy atom. The maximum Gasteiger partial charge on any atom is 0.227 e. The van der Waals surface area contributed by atoms with Gasteiger partial charge >= 0.3 is 0 Å². The molecular weight excluding hydrogens is 264 g/mol. The van der Waals surface area contributed by atoms with Crippen molar-refractivity contribution < 1.29 is 9.59 Å². The minimum Gasteiger partial charge on any atom is -0.353 e. The van der Waals surface area contributed by atoms with Crippen LogP contribution < -0.4 is 10.2 Å². The molecule has 4 heteroatoms. The summed E-state index contributed by atoms with van der Waals surface area (Å²) < 4.78 is 0. The van der Waals surface area contributed by atoms with Crippen LogP contribution in [-0.4, -0.2) is 24.4 Å². The highest BCUT2D eigenvalue weighted by Gasteiger charge is 2.35. The summed E-state index contributed by atoms with van der Waals surface area (Å²) in [6, 6.07) is 8.08. The van der Waals surface area contributed by atoms with Crippen LogP contribution in [0.15, 0.2) is 24.3 Å². The van der Waals surface area contributed by atoms with Gasteiger partial charge < -0.3 is 10.2 Å². The Bertz CT molecular complexity index is 527. The highest BCUT2D eigenvalue weighted by Crippen LogP contribution is 2.28. The molecule has 1 N–H and O–H groups in total. The lowest BCUT2D eigenvalue weighted by molar-refractivity contribution is -0.126. The largest absolute Gasteiger partial charge is 0.353 e. The van der Waals surface area contributed by atoms with Gasteiger partial charge in [0.1, 0.15) is 0 Å². The van der Waals surface area contributed by atoms with Crippen LogP contribution in [-0.2, 0) is 16.0 Å². The number of hydrogen-bond acceptors (Lipinski definition) is 2. The molecule has 0 aromatic heterocycles. The Morgan fingerprint density at radius 3 is 2.76 bits per heavy atom. The molecule has 1 aromatic rings. The van der Waals surface area contributed by atoms with Crippen molar-refractivity contribution >= 4 is 17.5 Å². The fraction of sp³-hybridized carbons (Fsp3) is 0.529. The SMILES string of the molecule is CCc1ccccc1N1C[C@@H](C(=O)N[C@@H](C)CC)CC1=O. The van der Waals surface area contributed by atoms with Crippen molar-refractivity contribution in [1.82, 2.24) is 5.32 Å². The predicted octanol–water partition coefficient (Wildman–Crippen LogP) is 2.52. The third-order valence-corrected chi connectivity index (χ3v) is 4.16. The number of carbonyl (C=O) groups is 2. The first kappa shape index (κ1) is 15.5. The summed E-state index contributed by atoms with van der Waals surface area (Å²) in [7, 11) is 0. The zero-order valence-electron chi connectivity index (χ0n) is 13.1. The van der Waals surface area contributed by atoms with Gasteiger partial charge in [0.05, 0.1) is 5.92 Å². The Morgan fingerprint density at radius 1 is 1.38 bits per heavy atom. The van der Waals surface area contributed by atoms with Gasteiger partial charge in [-0.25, -0.2) is 0 Å². The molecule has 1 aromatic carbocycles. The molecule has 1 heterocycles. The number of hydrogen-bond donors (Lipinski definition) is 1. The van der Waals surface area contributed by atoms with Gasteiger partial charge in [-0.1, -0.05) is 32.0 Å². The van der Waals surface area contributed by atoms with E-state index >= 15 is 0 Å². The number of benzene rings is 1. The number of carbonyl (C=O) groups excluding carboxylic acids is 2. The summed E-state index contributed by atoms with van der Waals surface area (Å²) in [6.07, 6.45) is 2.08. The third-order valence-electron chi connectivity index (χ3n) is 4.16. The summed E-state index contributed by atoms with van der Waals surface area (Å²) >= 11 is 0. The van der Waals surface area contributed by atoms with Crippen LogP contribution in [0.2, 0.25) is 0 Å². The first-order valence-corrected chi connectivity index (χ1v) is 7.75. The minimum atomic E-state index is -0.239. The van der Waals surface area contributed by atoms with E-state index in [9.17, 15) is 9.59 Å². The van der Waals surface area contributed by atoms with E-state index in [2.05, 4.69) is 12.2 Å².